The van der Waals surface area contributed by atoms with E-state index in [2.05, 4.69) is 141 Å². The maximum atomic E-state index is 7.50. The van der Waals surface area contributed by atoms with Gasteiger partial charge in [-0.1, -0.05) is 104 Å². The Hall–Kier alpha value is -3.34. The molecule has 256 valence electrons. The lowest BCUT2D eigenvalue weighted by molar-refractivity contribution is 0.147. The van der Waals surface area contributed by atoms with E-state index in [0.29, 0.717) is 0 Å². The van der Waals surface area contributed by atoms with Crippen LogP contribution < -0.4 is 25.0 Å². The predicted molar refractivity (Wildman–Crippen MR) is 227 cm³/mol. The summed E-state index contributed by atoms with van der Waals surface area (Å²) in [5.74, 6) is 0. The first kappa shape index (κ1) is 32.3. The number of aryl methyl sites for hydroxylation is 3. The summed E-state index contributed by atoms with van der Waals surface area (Å²) >= 11 is 11.4. The Morgan fingerprint density at radius 1 is 0.745 bits per heavy atom. The number of benzene rings is 5. The SMILES string of the molecule is CCC12CCCCC1(CC)N1c3cc(Sc4ccccc4)cc4c3P(=S)(c3cc(C)cc2c31)c1sc2ccc(C)cc2c1N4c1ccc(C)cc1. The first-order valence-corrected chi connectivity index (χ1v) is 23.1. The molecule has 3 atom stereocenters. The average Bonchev–Trinajstić information content (AvgIpc) is 3.64. The van der Waals surface area contributed by atoms with Crippen LogP contribution in [0.2, 0.25) is 0 Å². The molecule has 10 rings (SSSR count). The normalized spacial score (nSPS) is 23.9. The highest BCUT2D eigenvalue weighted by Gasteiger charge is 2.64. The van der Waals surface area contributed by atoms with E-state index in [-0.39, 0.29) is 11.0 Å². The van der Waals surface area contributed by atoms with E-state index in [9.17, 15) is 0 Å². The van der Waals surface area contributed by atoms with E-state index in [1.54, 1.807) is 5.56 Å². The van der Waals surface area contributed by atoms with Crippen molar-refractivity contribution in [3.05, 3.63) is 119 Å². The number of anilines is 5. The van der Waals surface area contributed by atoms with Crippen LogP contribution in [0.4, 0.5) is 28.4 Å². The van der Waals surface area contributed by atoms with Crippen molar-refractivity contribution < 1.29 is 0 Å². The number of fused-ring (bicyclic) bond motifs is 9. The summed E-state index contributed by atoms with van der Waals surface area (Å²) in [6, 6.07) is 34.8. The minimum absolute atomic E-state index is 0.0154. The van der Waals surface area contributed by atoms with Gasteiger partial charge in [0.05, 0.1) is 38.9 Å². The summed E-state index contributed by atoms with van der Waals surface area (Å²) in [6.45, 7) is 11.7. The zero-order valence-electron chi connectivity index (χ0n) is 30.0. The van der Waals surface area contributed by atoms with Gasteiger partial charge in [0.25, 0.3) is 0 Å². The lowest BCUT2D eigenvalue weighted by Gasteiger charge is -2.55. The molecule has 1 saturated carbocycles. The van der Waals surface area contributed by atoms with Crippen LogP contribution in [0, 0.1) is 20.8 Å². The van der Waals surface area contributed by atoms with Gasteiger partial charge in [-0.25, -0.2) is 0 Å². The van der Waals surface area contributed by atoms with Crippen molar-refractivity contribution in [1.82, 2.24) is 0 Å². The van der Waals surface area contributed by atoms with Crippen molar-refractivity contribution in [2.75, 3.05) is 9.80 Å². The van der Waals surface area contributed by atoms with Crippen LogP contribution in [-0.2, 0) is 17.2 Å². The molecule has 6 heteroatoms. The van der Waals surface area contributed by atoms with Gasteiger partial charge in [0.2, 0.25) is 0 Å². The van der Waals surface area contributed by atoms with Gasteiger partial charge in [-0.3, -0.25) is 0 Å². The summed E-state index contributed by atoms with van der Waals surface area (Å²) in [7, 11) is 0. The van der Waals surface area contributed by atoms with E-state index in [4.69, 9.17) is 11.8 Å². The van der Waals surface area contributed by atoms with Crippen molar-refractivity contribution in [3.63, 3.8) is 0 Å². The molecular formula is C45H43N2PS3. The summed E-state index contributed by atoms with van der Waals surface area (Å²) in [4.78, 5) is 8.06. The van der Waals surface area contributed by atoms with E-state index >= 15 is 0 Å². The molecule has 0 N–H and O–H groups in total. The van der Waals surface area contributed by atoms with Gasteiger partial charge in [0.1, 0.15) is 0 Å². The number of rotatable bonds is 5. The summed E-state index contributed by atoms with van der Waals surface area (Å²) in [6.07, 6.45) is 7.31. The fourth-order valence-electron chi connectivity index (χ4n) is 10.5. The third-order valence-corrected chi connectivity index (χ3v) is 20.6. The highest BCUT2D eigenvalue weighted by molar-refractivity contribution is 8.27. The largest absolute Gasteiger partial charge is 0.333 e. The Bertz CT molecular complexity index is 2470. The van der Waals surface area contributed by atoms with Gasteiger partial charge >= 0.3 is 0 Å². The average molecular weight is 739 g/mol. The first-order chi connectivity index (χ1) is 24.7. The minimum Gasteiger partial charge on any atom is -0.333 e. The maximum Gasteiger partial charge on any atom is 0.0739 e. The highest BCUT2D eigenvalue weighted by atomic mass is 32.4. The number of thiophene rings is 1. The van der Waals surface area contributed by atoms with Gasteiger partial charge in [0.15, 0.2) is 0 Å². The lowest BCUT2D eigenvalue weighted by Crippen LogP contribution is -2.59. The molecule has 1 aliphatic carbocycles. The van der Waals surface area contributed by atoms with E-state index < -0.39 is 6.04 Å². The zero-order valence-corrected chi connectivity index (χ0v) is 33.4. The highest BCUT2D eigenvalue weighted by Crippen LogP contribution is 2.71. The minimum atomic E-state index is -2.50. The smallest absolute Gasteiger partial charge is 0.0739 e. The zero-order chi connectivity index (χ0) is 34.9. The van der Waals surface area contributed by atoms with E-state index in [1.807, 2.05) is 23.1 Å². The summed E-state index contributed by atoms with van der Waals surface area (Å²) in [5.41, 5.74) is 12.3. The van der Waals surface area contributed by atoms with Crippen LogP contribution in [0.1, 0.15) is 74.6 Å². The summed E-state index contributed by atoms with van der Waals surface area (Å²) in [5, 5.41) is 4.16. The molecular weight excluding hydrogens is 696 g/mol. The van der Waals surface area contributed by atoms with Crippen molar-refractivity contribution in [2.24, 2.45) is 0 Å². The molecule has 4 aliphatic rings. The Labute approximate surface area is 315 Å². The fraction of sp³-hybridized carbons (Fsp3) is 0.289. The number of hydrogen-bond acceptors (Lipinski definition) is 5. The van der Waals surface area contributed by atoms with Gasteiger partial charge in [-0.15, -0.1) is 11.3 Å². The monoisotopic (exact) mass is 738 g/mol. The van der Waals surface area contributed by atoms with Crippen LogP contribution >= 0.6 is 29.1 Å². The van der Waals surface area contributed by atoms with Crippen LogP contribution in [0.5, 0.6) is 0 Å². The predicted octanol–water partition coefficient (Wildman–Crippen LogP) is 12.4. The van der Waals surface area contributed by atoms with Gasteiger partial charge in [-0.05, 0) is 112 Å². The van der Waals surface area contributed by atoms with Crippen molar-refractivity contribution >= 4 is 94.7 Å². The van der Waals surface area contributed by atoms with Crippen LogP contribution in [0.3, 0.4) is 0 Å². The van der Waals surface area contributed by atoms with Crippen LogP contribution in [0.25, 0.3) is 10.1 Å². The Kier molecular flexibility index (Phi) is 7.18. The van der Waals surface area contributed by atoms with Crippen molar-refractivity contribution in [1.29, 1.82) is 0 Å². The first-order valence-electron chi connectivity index (χ1n) is 18.6. The van der Waals surface area contributed by atoms with Gasteiger partial charge in [-0.2, -0.15) is 0 Å². The number of nitrogens with zero attached hydrogens (tertiary/aromatic N) is 2. The standard InChI is InChI=1S/C45H43N2PS3/c1-6-44-21-11-12-22-45(44,7-2)47-37-27-33(50-32-13-9-8-10-14-32)26-36-42(37)48(49,38-25-30(5)24-35(44)41(38)47)43-40(34-23-29(4)17-20-39(34)51-43)46(36)31-18-15-28(3)16-19-31/h8-10,13-20,23-27H,6-7,11-12,21-22H2,1-5H3. The Balaban J connectivity index is 1.39. The van der Waals surface area contributed by atoms with Crippen molar-refractivity contribution in [2.45, 2.75) is 93.9 Å². The molecule has 51 heavy (non-hydrogen) atoms. The molecule has 2 nitrogen and oxygen atoms in total. The molecule has 0 saturated heterocycles. The molecule has 1 aromatic heterocycles. The maximum absolute atomic E-state index is 7.50. The molecule has 5 aromatic carbocycles. The molecule has 4 heterocycles. The van der Waals surface area contributed by atoms with Gasteiger partial charge in [0, 0.05) is 41.6 Å². The Morgan fingerprint density at radius 2 is 1.49 bits per heavy atom. The number of hydrogen-bond donors (Lipinski definition) is 0. The van der Waals surface area contributed by atoms with E-state index in [1.165, 1.54) is 106 Å². The second-order valence-corrected chi connectivity index (χ2v) is 22.0. The fourth-order valence-corrected chi connectivity index (χ4v) is 18.3. The molecule has 3 aliphatic heterocycles. The lowest BCUT2D eigenvalue weighted by atomic mass is 9.57. The molecule has 1 fully saturated rings. The molecule has 0 bridgehead atoms. The van der Waals surface area contributed by atoms with Crippen LogP contribution in [0.15, 0.2) is 107 Å². The quantitative estimate of drug-likeness (QED) is 0.162. The topological polar surface area (TPSA) is 6.48 Å². The van der Waals surface area contributed by atoms with Gasteiger partial charge < -0.3 is 9.80 Å². The molecule has 3 unspecified atom stereocenters. The molecule has 6 aromatic rings. The third-order valence-electron chi connectivity index (χ3n) is 12.7. The second kappa shape index (κ2) is 11.3. The van der Waals surface area contributed by atoms with E-state index in [0.717, 1.165) is 12.8 Å². The van der Waals surface area contributed by atoms with Crippen molar-refractivity contribution in [3.8, 4) is 0 Å². The molecule has 0 radical (unpaired) electrons. The molecule has 0 spiro atoms. The second-order valence-electron chi connectivity index (χ2n) is 15.3. The Morgan fingerprint density at radius 3 is 2.25 bits per heavy atom. The third kappa shape index (κ3) is 4.15. The molecule has 0 amide bonds. The van der Waals surface area contributed by atoms with Crippen LogP contribution in [-0.4, -0.2) is 5.54 Å². The summed E-state index contributed by atoms with van der Waals surface area (Å²) < 4.78 is 2.73.